The van der Waals surface area contributed by atoms with Gasteiger partial charge >= 0.3 is 5.97 Å². The van der Waals surface area contributed by atoms with E-state index in [9.17, 15) is 4.79 Å². The molecule has 3 rings (SSSR count). The Morgan fingerprint density at radius 1 is 1.31 bits per heavy atom. The molecule has 0 unspecified atom stereocenters. The normalized spacial score (nSPS) is 13.2. The average molecular weight is 477 g/mol. The average Bonchev–Trinajstić information content (AvgIpc) is 2.89. The first-order valence-electron chi connectivity index (χ1n) is 8.95. The van der Waals surface area contributed by atoms with E-state index in [1.807, 2.05) is 25.2 Å². The summed E-state index contributed by atoms with van der Waals surface area (Å²) in [7, 11) is 0. The summed E-state index contributed by atoms with van der Waals surface area (Å²) in [6, 6.07) is 6.48. The van der Waals surface area contributed by atoms with E-state index in [-0.39, 0.29) is 6.61 Å². The summed E-state index contributed by atoms with van der Waals surface area (Å²) in [6.07, 6.45) is 8.37. The van der Waals surface area contributed by atoms with Gasteiger partial charge < -0.3 is 14.8 Å². The van der Waals surface area contributed by atoms with E-state index >= 15 is 0 Å². The highest BCUT2D eigenvalue weighted by molar-refractivity contribution is 9.10. The van der Waals surface area contributed by atoms with Gasteiger partial charge in [-0.15, -0.1) is 0 Å². The number of anilines is 1. The molecule has 1 N–H and O–H groups in total. The van der Waals surface area contributed by atoms with Crippen LogP contribution < -0.4 is 10.1 Å². The highest BCUT2D eigenvalue weighted by Gasteiger charge is 2.15. The molecular weight excluding hydrogens is 458 g/mol. The Morgan fingerprint density at radius 3 is 2.93 bits per heavy atom. The van der Waals surface area contributed by atoms with E-state index in [0.29, 0.717) is 33.7 Å². The third kappa shape index (κ3) is 5.68. The second-order valence-corrected chi connectivity index (χ2v) is 7.40. The van der Waals surface area contributed by atoms with Crippen LogP contribution in [0, 0.1) is 0 Å². The summed E-state index contributed by atoms with van der Waals surface area (Å²) in [5.74, 6) is 1.39. The van der Waals surface area contributed by atoms with Crippen molar-refractivity contribution in [3.05, 3.63) is 69.4 Å². The molecule has 2 heterocycles. The number of halogens is 2. The Bertz CT molecular complexity index is 1020. The third-order valence-corrected chi connectivity index (χ3v) is 4.60. The van der Waals surface area contributed by atoms with Crippen LogP contribution in [0.15, 0.2) is 63.9 Å². The summed E-state index contributed by atoms with van der Waals surface area (Å²) in [5.41, 5.74) is 1.25. The van der Waals surface area contributed by atoms with Crippen molar-refractivity contribution < 1.29 is 14.3 Å². The third-order valence-electron chi connectivity index (χ3n) is 3.85. The van der Waals surface area contributed by atoms with Crippen LogP contribution in [-0.4, -0.2) is 23.4 Å². The maximum absolute atomic E-state index is 12.0. The summed E-state index contributed by atoms with van der Waals surface area (Å²) in [5, 5.41) is 3.53. The molecule has 0 fully saturated rings. The number of ether oxygens (including phenoxy) is 2. The number of aliphatic imine (C=N–C) groups is 1. The maximum atomic E-state index is 12.0. The van der Waals surface area contributed by atoms with Gasteiger partial charge in [-0.25, -0.2) is 14.8 Å². The molecule has 1 aliphatic heterocycles. The van der Waals surface area contributed by atoms with Gasteiger partial charge in [0.15, 0.2) is 11.6 Å². The predicted octanol–water partition coefficient (Wildman–Crippen LogP) is 6.14. The molecule has 0 radical (unpaired) electrons. The van der Waals surface area contributed by atoms with Gasteiger partial charge in [0.2, 0.25) is 0 Å². The van der Waals surface area contributed by atoms with Crippen LogP contribution >= 0.6 is 27.5 Å². The lowest BCUT2D eigenvalue weighted by Gasteiger charge is -2.14. The second-order valence-electron chi connectivity index (χ2n) is 6.07. The van der Waals surface area contributed by atoms with Gasteiger partial charge in [0.05, 0.1) is 17.2 Å². The molecule has 0 aliphatic carbocycles. The molecule has 1 aromatic heterocycles. The molecule has 0 bridgehead atoms. The molecular formula is C21H19BrClN3O3. The summed E-state index contributed by atoms with van der Waals surface area (Å²) in [4.78, 5) is 20.9. The highest BCUT2D eigenvalue weighted by atomic mass is 79.9. The number of carbonyl (C=O) groups excluding carboxylic acids is 1. The van der Waals surface area contributed by atoms with Crippen molar-refractivity contribution >= 4 is 45.2 Å². The minimum atomic E-state index is -0.444. The van der Waals surface area contributed by atoms with Crippen molar-refractivity contribution in [3.8, 4) is 11.5 Å². The summed E-state index contributed by atoms with van der Waals surface area (Å²) >= 11 is 9.68. The molecule has 0 spiro atoms. The zero-order valence-electron chi connectivity index (χ0n) is 15.9. The quantitative estimate of drug-likeness (QED) is 0.525. The Balaban J connectivity index is 1.92. The highest BCUT2D eigenvalue weighted by Crippen LogP contribution is 2.35. The topological polar surface area (TPSA) is 72.8 Å². The van der Waals surface area contributed by atoms with Crippen LogP contribution in [0.5, 0.6) is 11.5 Å². The molecule has 0 saturated heterocycles. The molecule has 150 valence electrons. The number of aromatic nitrogens is 1. The van der Waals surface area contributed by atoms with Gasteiger partial charge in [-0.2, -0.15) is 0 Å². The molecule has 29 heavy (non-hydrogen) atoms. The molecule has 1 aromatic carbocycles. The van der Waals surface area contributed by atoms with Gasteiger partial charge in [0, 0.05) is 22.4 Å². The Kier molecular flexibility index (Phi) is 7.06. The van der Waals surface area contributed by atoms with Gasteiger partial charge in [-0.1, -0.05) is 23.8 Å². The SMILES string of the molecule is CCOC(=O)c1ccc(Cl)c(Oc2cc(Br)cnc2NC2=NC(C)=CCC=C2)c1. The van der Waals surface area contributed by atoms with Crippen LogP contribution in [0.1, 0.15) is 30.6 Å². The molecule has 8 heteroatoms. The van der Waals surface area contributed by atoms with Gasteiger partial charge in [0.1, 0.15) is 11.6 Å². The first-order chi connectivity index (χ1) is 14.0. The van der Waals surface area contributed by atoms with Crippen LogP contribution in [0.3, 0.4) is 0 Å². The molecule has 0 atom stereocenters. The predicted molar refractivity (Wildman–Crippen MR) is 118 cm³/mol. The smallest absolute Gasteiger partial charge is 0.338 e. The second kappa shape index (κ2) is 9.71. The summed E-state index contributed by atoms with van der Waals surface area (Å²) in [6.45, 7) is 3.96. The number of rotatable bonds is 5. The number of nitrogens with zero attached hydrogens (tertiary/aromatic N) is 2. The van der Waals surface area contributed by atoms with E-state index < -0.39 is 5.97 Å². The van der Waals surface area contributed by atoms with Crippen LogP contribution in [0.25, 0.3) is 0 Å². The first-order valence-corrected chi connectivity index (χ1v) is 10.1. The van der Waals surface area contributed by atoms with Gasteiger partial charge in [-0.3, -0.25) is 0 Å². The van der Waals surface area contributed by atoms with E-state index in [0.717, 1.165) is 16.6 Å². The van der Waals surface area contributed by atoms with Crippen molar-refractivity contribution in [1.29, 1.82) is 0 Å². The van der Waals surface area contributed by atoms with E-state index in [4.69, 9.17) is 21.1 Å². The number of nitrogens with one attached hydrogen (secondary N) is 1. The number of benzene rings is 1. The lowest BCUT2D eigenvalue weighted by molar-refractivity contribution is 0.0526. The van der Waals surface area contributed by atoms with Gasteiger partial charge in [-0.05, 0) is 60.5 Å². The molecule has 1 aliphatic rings. The van der Waals surface area contributed by atoms with Gasteiger partial charge in [0.25, 0.3) is 0 Å². The van der Waals surface area contributed by atoms with Crippen molar-refractivity contribution in [3.63, 3.8) is 0 Å². The minimum Gasteiger partial charge on any atom is -0.462 e. The fourth-order valence-electron chi connectivity index (χ4n) is 2.52. The van der Waals surface area contributed by atoms with Crippen molar-refractivity contribution in [2.45, 2.75) is 20.3 Å². The fraction of sp³-hybridized carbons (Fsp3) is 0.190. The van der Waals surface area contributed by atoms with Crippen molar-refractivity contribution in [2.24, 2.45) is 4.99 Å². The molecule has 2 aromatic rings. The van der Waals surface area contributed by atoms with E-state index in [1.54, 1.807) is 37.4 Å². The number of amidine groups is 1. The number of hydrogen-bond donors (Lipinski definition) is 1. The molecule has 6 nitrogen and oxygen atoms in total. The maximum Gasteiger partial charge on any atom is 0.338 e. The Labute approximate surface area is 182 Å². The Hall–Kier alpha value is -2.64. The fourth-order valence-corrected chi connectivity index (χ4v) is 2.98. The monoisotopic (exact) mass is 475 g/mol. The number of pyridine rings is 1. The standard InChI is InChI=1S/C21H19BrClN3O3/c1-3-28-21(27)14-8-9-16(23)17(10-14)29-18-11-15(22)12-24-20(18)26-19-7-5-4-6-13(2)25-19/h5-12H,3-4H2,1-2H3,(H,24,25,26). The van der Waals surface area contributed by atoms with Crippen LogP contribution in [0.2, 0.25) is 5.02 Å². The zero-order valence-corrected chi connectivity index (χ0v) is 18.3. The first kappa shape index (κ1) is 21.1. The summed E-state index contributed by atoms with van der Waals surface area (Å²) < 4.78 is 11.8. The minimum absolute atomic E-state index is 0.283. The van der Waals surface area contributed by atoms with Crippen LogP contribution in [-0.2, 0) is 4.74 Å². The molecule has 0 amide bonds. The molecule has 0 saturated carbocycles. The number of esters is 1. The number of carbonyl (C=O) groups is 1. The zero-order chi connectivity index (χ0) is 20.8. The number of allylic oxidation sites excluding steroid dienone is 3. The lowest BCUT2D eigenvalue weighted by Crippen LogP contribution is -2.11. The van der Waals surface area contributed by atoms with Crippen molar-refractivity contribution in [1.82, 2.24) is 4.98 Å². The van der Waals surface area contributed by atoms with E-state index in [1.165, 1.54) is 0 Å². The largest absolute Gasteiger partial charge is 0.462 e. The lowest BCUT2D eigenvalue weighted by atomic mass is 10.2. The number of hydrogen-bond acceptors (Lipinski definition) is 6. The van der Waals surface area contributed by atoms with Crippen molar-refractivity contribution in [2.75, 3.05) is 11.9 Å². The Morgan fingerprint density at radius 2 is 2.14 bits per heavy atom. The van der Waals surface area contributed by atoms with Crippen LogP contribution in [0.4, 0.5) is 5.82 Å². The van der Waals surface area contributed by atoms with E-state index in [2.05, 4.69) is 31.2 Å².